The molecule has 0 aliphatic rings. The quantitative estimate of drug-likeness (QED) is 0.903. The van der Waals surface area contributed by atoms with Crippen molar-refractivity contribution < 1.29 is 9.53 Å². The topological polar surface area (TPSA) is 51.2 Å². The van der Waals surface area contributed by atoms with E-state index in [1.807, 2.05) is 13.0 Å². The van der Waals surface area contributed by atoms with Gasteiger partial charge in [-0.2, -0.15) is 0 Å². The van der Waals surface area contributed by atoms with Crippen LogP contribution in [0.4, 0.5) is 5.82 Å². The number of hydrogen-bond donors (Lipinski definition) is 1. The molecule has 20 heavy (non-hydrogen) atoms. The van der Waals surface area contributed by atoms with Crippen LogP contribution in [0.1, 0.15) is 16.1 Å². The summed E-state index contributed by atoms with van der Waals surface area (Å²) in [6, 6.07) is 8.40. The number of rotatable bonds is 3. The van der Waals surface area contributed by atoms with E-state index in [1.54, 1.807) is 24.3 Å². The van der Waals surface area contributed by atoms with E-state index >= 15 is 0 Å². The van der Waals surface area contributed by atoms with Crippen LogP contribution in [0.15, 0.2) is 34.8 Å². The number of aryl methyl sites for hydroxylation is 1. The predicted molar refractivity (Wildman–Crippen MR) is 82.6 cm³/mol. The molecule has 0 fully saturated rings. The molecule has 0 radical (unpaired) electrons. The molecule has 0 bridgehead atoms. The molecule has 2 aromatic rings. The zero-order valence-electron chi connectivity index (χ0n) is 10.9. The molecule has 0 saturated carbocycles. The lowest BCUT2D eigenvalue weighted by Gasteiger charge is -2.10. The molecule has 0 atom stereocenters. The Bertz CT molecular complexity index is 662. The van der Waals surface area contributed by atoms with Crippen molar-refractivity contribution in [1.29, 1.82) is 0 Å². The fourth-order valence-electron chi connectivity index (χ4n) is 1.65. The molecule has 4 nitrogen and oxygen atoms in total. The molecule has 1 heterocycles. The number of pyridine rings is 1. The van der Waals surface area contributed by atoms with Gasteiger partial charge in [0.2, 0.25) is 0 Å². The van der Waals surface area contributed by atoms with Gasteiger partial charge >= 0.3 is 0 Å². The molecule has 6 heteroatoms. The van der Waals surface area contributed by atoms with Gasteiger partial charge in [0.1, 0.15) is 11.6 Å². The van der Waals surface area contributed by atoms with Crippen molar-refractivity contribution in [3.8, 4) is 5.75 Å². The Kier molecular flexibility index (Phi) is 4.62. The summed E-state index contributed by atoms with van der Waals surface area (Å²) in [7, 11) is 1.49. The van der Waals surface area contributed by atoms with Crippen LogP contribution in [0.3, 0.4) is 0 Å². The minimum Gasteiger partial charge on any atom is -0.496 e. The summed E-state index contributed by atoms with van der Waals surface area (Å²) in [4.78, 5) is 16.5. The first-order chi connectivity index (χ1) is 9.51. The van der Waals surface area contributed by atoms with Gasteiger partial charge in [0.05, 0.1) is 18.4 Å². The zero-order chi connectivity index (χ0) is 14.7. The first-order valence-corrected chi connectivity index (χ1v) is 6.96. The second-order valence-electron chi connectivity index (χ2n) is 4.06. The number of amides is 1. The molecule has 1 N–H and O–H groups in total. The van der Waals surface area contributed by atoms with Gasteiger partial charge in [-0.15, -0.1) is 0 Å². The number of methoxy groups -OCH3 is 1. The third-order valence-electron chi connectivity index (χ3n) is 2.67. The standard InChI is InChI=1S/C14H12BrClN2O2/c1-8-11(15)5-6-13(17-8)18-14(19)10-4-3-9(16)7-12(10)20-2/h3-7H,1-2H3,(H,17,18,19). The highest BCUT2D eigenvalue weighted by Crippen LogP contribution is 2.24. The average Bonchev–Trinajstić information content (AvgIpc) is 2.42. The number of ether oxygens (including phenoxy) is 1. The van der Waals surface area contributed by atoms with E-state index in [0.717, 1.165) is 10.2 Å². The summed E-state index contributed by atoms with van der Waals surface area (Å²) in [6.45, 7) is 1.85. The van der Waals surface area contributed by atoms with E-state index in [2.05, 4.69) is 26.2 Å². The summed E-state index contributed by atoms with van der Waals surface area (Å²) in [5.41, 5.74) is 1.20. The number of carbonyl (C=O) groups excluding carboxylic acids is 1. The molecule has 0 aliphatic carbocycles. The SMILES string of the molecule is COc1cc(Cl)ccc1C(=O)Nc1ccc(Br)c(C)n1. The summed E-state index contributed by atoms with van der Waals surface area (Å²) in [5.74, 6) is 0.601. The Morgan fingerprint density at radius 2 is 2.10 bits per heavy atom. The van der Waals surface area contributed by atoms with Crippen LogP contribution in [0.25, 0.3) is 0 Å². The van der Waals surface area contributed by atoms with Crippen LogP contribution in [-0.4, -0.2) is 18.0 Å². The minimum atomic E-state index is -0.298. The predicted octanol–water partition coefficient (Wildman–Crippen LogP) is 4.07. The fraction of sp³-hybridized carbons (Fsp3) is 0.143. The fourth-order valence-corrected chi connectivity index (χ4v) is 2.03. The number of benzene rings is 1. The summed E-state index contributed by atoms with van der Waals surface area (Å²) in [6.07, 6.45) is 0. The number of nitrogens with zero attached hydrogens (tertiary/aromatic N) is 1. The van der Waals surface area contributed by atoms with Gasteiger partial charge < -0.3 is 10.1 Å². The maximum absolute atomic E-state index is 12.2. The minimum absolute atomic E-state index is 0.298. The van der Waals surface area contributed by atoms with Crippen LogP contribution in [0, 0.1) is 6.92 Å². The van der Waals surface area contributed by atoms with E-state index in [1.165, 1.54) is 7.11 Å². The second-order valence-corrected chi connectivity index (χ2v) is 5.35. The number of halogens is 2. The summed E-state index contributed by atoms with van der Waals surface area (Å²) in [5, 5.41) is 3.24. The maximum atomic E-state index is 12.2. The lowest BCUT2D eigenvalue weighted by Crippen LogP contribution is -2.14. The molecule has 1 amide bonds. The van der Waals surface area contributed by atoms with E-state index in [9.17, 15) is 4.79 Å². The first-order valence-electron chi connectivity index (χ1n) is 5.79. The average molecular weight is 356 g/mol. The maximum Gasteiger partial charge on any atom is 0.260 e. The molecular weight excluding hydrogens is 344 g/mol. The highest BCUT2D eigenvalue weighted by atomic mass is 79.9. The molecule has 0 aliphatic heterocycles. The summed E-state index contributed by atoms with van der Waals surface area (Å²) < 4.78 is 6.04. The molecule has 1 aromatic carbocycles. The van der Waals surface area contributed by atoms with Gasteiger partial charge in [0.25, 0.3) is 5.91 Å². The van der Waals surface area contributed by atoms with Crippen molar-refractivity contribution in [2.45, 2.75) is 6.92 Å². The molecule has 0 unspecified atom stereocenters. The van der Waals surface area contributed by atoms with Crippen molar-refractivity contribution in [2.24, 2.45) is 0 Å². The molecule has 2 rings (SSSR count). The van der Waals surface area contributed by atoms with Gasteiger partial charge in [-0.05, 0) is 53.2 Å². The van der Waals surface area contributed by atoms with Crippen LogP contribution < -0.4 is 10.1 Å². The molecule has 0 spiro atoms. The van der Waals surface area contributed by atoms with E-state index in [4.69, 9.17) is 16.3 Å². The van der Waals surface area contributed by atoms with Gasteiger partial charge in [-0.3, -0.25) is 4.79 Å². The van der Waals surface area contributed by atoms with E-state index < -0.39 is 0 Å². The molecule has 1 aromatic heterocycles. The van der Waals surface area contributed by atoms with Gasteiger partial charge in [0, 0.05) is 9.50 Å². The van der Waals surface area contributed by atoms with Crippen molar-refractivity contribution in [1.82, 2.24) is 4.98 Å². The van der Waals surface area contributed by atoms with E-state index in [0.29, 0.717) is 22.2 Å². The van der Waals surface area contributed by atoms with Crippen LogP contribution in [0.2, 0.25) is 5.02 Å². The van der Waals surface area contributed by atoms with Crippen LogP contribution in [-0.2, 0) is 0 Å². The van der Waals surface area contributed by atoms with E-state index in [-0.39, 0.29) is 5.91 Å². The van der Waals surface area contributed by atoms with Crippen molar-refractivity contribution >= 4 is 39.3 Å². The zero-order valence-corrected chi connectivity index (χ0v) is 13.2. The number of nitrogens with one attached hydrogen (secondary N) is 1. The van der Waals surface area contributed by atoms with Crippen LogP contribution in [0.5, 0.6) is 5.75 Å². The first kappa shape index (κ1) is 14.8. The van der Waals surface area contributed by atoms with Crippen LogP contribution >= 0.6 is 27.5 Å². The number of carbonyl (C=O) groups is 1. The third-order valence-corrected chi connectivity index (χ3v) is 3.74. The molecule has 0 saturated heterocycles. The Morgan fingerprint density at radius 1 is 1.35 bits per heavy atom. The van der Waals surface area contributed by atoms with Crippen molar-refractivity contribution in [2.75, 3.05) is 12.4 Å². The lowest BCUT2D eigenvalue weighted by atomic mass is 10.2. The Hall–Kier alpha value is -1.59. The largest absolute Gasteiger partial charge is 0.496 e. The highest BCUT2D eigenvalue weighted by molar-refractivity contribution is 9.10. The highest BCUT2D eigenvalue weighted by Gasteiger charge is 2.13. The number of anilines is 1. The lowest BCUT2D eigenvalue weighted by molar-refractivity contribution is 0.102. The Labute approximate surface area is 130 Å². The Balaban J connectivity index is 2.25. The smallest absolute Gasteiger partial charge is 0.260 e. The summed E-state index contributed by atoms with van der Waals surface area (Å²) >= 11 is 9.23. The second kappa shape index (κ2) is 6.24. The van der Waals surface area contributed by atoms with Crippen molar-refractivity contribution in [3.63, 3.8) is 0 Å². The van der Waals surface area contributed by atoms with Gasteiger partial charge in [-0.1, -0.05) is 11.6 Å². The van der Waals surface area contributed by atoms with Gasteiger partial charge in [-0.25, -0.2) is 4.98 Å². The Morgan fingerprint density at radius 3 is 2.75 bits per heavy atom. The van der Waals surface area contributed by atoms with Gasteiger partial charge in [0.15, 0.2) is 0 Å². The number of hydrogen-bond acceptors (Lipinski definition) is 3. The molecule has 104 valence electrons. The molecular formula is C14H12BrClN2O2. The normalized spacial score (nSPS) is 10.2. The van der Waals surface area contributed by atoms with Crippen molar-refractivity contribution in [3.05, 3.63) is 51.1 Å². The number of aromatic nitrogens is 1. The monoisotopic (exact) mass is 354 g/mol. The third kappa shape index (κ3) is 3.29.